The Labute approximate surface area is 165 Å². The van der Waals surface area contributed by atoms with Gasteiger partial charge in [0, 0.05) is 25.1 Å². The molecule has 0 radical (unpaired) electrons. The van der Waals surface area contributed by atoms with Crippen LogP contribution in [0.2, 0.25) is 0 Å². The molecule has 1 fully saturated rings. The number of nitrogens with zero attached hydrogens (tertiary/aromatic N) is 1. The van der Waals surface area contributed by atoms with Gasteiger partial charge in [-0.15, -0.1) is 0 Å². The summed E-state index contributed by atoms with van der Waals surface area (Å²) in [5.41, 5.74) is 0.976. The molecule has 7 nitrogen and oxygen atoms in total. The van der Waals surface area contributed by atoms with Gasteiger partial charge in [0.05, 0.1) is 6.04 Å². The van der Waals surface area contributed by atoms with Gasteiger partial charge in [-0.05, 0) is 49.8 Å². The van der Waals surface area contributed by atoms with Crippen molar-refractivity contribution in [3.8, 4) is 0 Å². The van der Waals surface area contributed by atoms with Crippen molar-refractivity contribution in [2.24, 2.45) is 5.41 Å². The number of rotatable bonds is 4. The fraction of sp³-hybridized carbons (Fsp3) is 0.550. The molecule has 28 heavy (non-hydrogen) atoms. The second-order valence-corrected chi connectivity index (χ2v) is 10.4. The van der Waals surface area contributed by atoms with Gasteiger partial charge in [0.1, 0.15) is 11.5 Å². The molecule has 0 saturated carbocycles. The molecule has 2 aromatic rings. The molecule has 0 aromatic carbocycles. The molecule has 4 rings (SSSR count). The summed E-state index contributed by atoms with van der Waals surface area (Å²) in [6.45, 7) is 7.15. The van der Waals surface area contributed by atoms with Crippen LogP contribution >= 0.6 is 0 Å². The van der Waals surface area contributed by atoms with Crippen LogP contribution in [0, 0.1) is 12.3 Å². The Hall–Kier alpha value is -2.06. The van der Waals surface area contributed by atoms with E-state index in [1.165, 1.54) is 16.4 Å². The van der Waals surface area contributed by atoms with E-state index >= 15 is 0 Å². The van der Waals surface area contributed by atoms with E-state index in [0.29, 0.717) is 13.1 Å². The molecule has 1 aliphatic heterocycles. The van der Waals surface area contributed by atoms with E-state index in [-0.39, 0.29) is 22.3 Å². The Bertz CT molecular complexity index is 996. The Balaban J connectivity index is 1.54. The minimum absolute atomic E-state index is 0.00270. The van der Waals surface area contributed by atoms with Gasteiger partial charge in [-0.1, -0.05) is 13.8 Å². The van der Waals surface area contributed by atoms with E-state index in [2.05, 4.69) is 19.2 Å². The largest absolute Gasteiger partial charge is 0.466 e. The normalized spacial score (nSPS) is 22.2. The predicted octanol–water partition coefficient (Wildman–Crippen LogP) is 3.41. The van der Waals surface area contributed by atoms with Crippen LogP contribution in [-0.2, 0) is 16.4 Å². The Morgan fingerprint density at radius 3 is 2.64 bits per heavy atom. The second-order valence-electron chi connectivity index (χ2n) is 8.54. The Morgan fingerprint density at radius 1 is 1.21 bits per heavy atom. The van der Waals surface area contributed by atoms with E-state index in [4.69, 9.17) is 8.83 Å². The van der Waals surface area contributed by atoms with Crippen LogP contribution in [0.15, 0.2) is 32.1 Å². The molecule has 1 N–H and O–H groups in total. The molecule has 1 saturated heterocycles. The van der Waals surface area contributed by atoms with Gasteiger partial charge in [0.25, 0.3) is 15.9 Å². The third kappa shape index (κ3) is 3.51. The van der Waals surface area contributed by atoms with Crippen molar-refractivity contribution in [2.75, 3.05) is 13.1 Å². The van der Waals surface area contributed by atoms with Gasteiger partial charge in [0.2, 0.25) is 5.09 Å². The lowest BCUT2D eigenvalue weighted by atomic mass is 9.74. The summed E-state index contributed by atoms with van der Waals surface area (Å²) in [7, 11) is -3.68. The zero-order valence-electron chi connectivity index (χ0n) is 16.4. The number of amides is 1. The van der Waals surface area contributed by atoms with Crippen LogP contribution in [0.25, 0.3) is 0 Å². The summed E-state index contributed by atoms with van der Waals surface area (Å²) in [5.74, 6) is 1.30. The topological polar surface area (TPSA) is 92.8 Å². The lowest BCUT2D eigenvalue weighted by Crippen LogP contribution is -2.35. The molecule has 0 unspecified atom stereocenters. The SMILES string of the molecule is Cc1cc2c(o1)CC(C)(C)C[C@H]2NC(=O)c1ccc(S(=O)(=O)N2CCCC2)o1. The van der Waals surface area contributed by atoms with Crippen molar-refractivity contribution >= 4 is 15.9 Å². The molecule has 2 aromatic heterocycles. The molecule has 1 atom stereocenters. The maximum absolute atomic E-state index is 12.8. The fourth-order valence-electron chi connectivity index (χ4n) is 4.18. The summed E-state index contributed by atoms with van der Waals surface area (Å²) < 4.78 is 37.9. The van der Waals surface area contributed by atoms with E-state index in [1.54, 1.807) is 0 Å². The zero-order chi connectivity index (χ0) is 20.1. The number of fused-ring (bicyclic) bond motifs is 1. The number of carbonyl (C=O) groups is 1. The van der Waals surface area contributed by atoms with E-state index < -0.39 is 15.9 Å². The summed E-state index contributed by atoms with van der Waals surface area (Å²) >= 11 is 0. The van der Waals surface area contributed by atoms with Crippen LogP contribution in [0.3, 0.4) is 0 Å². The summed E-state index contributed by atoms with van der Waals surface area (Å²) in [4.78, 5) is 12.8. The van der Waals surface area contributed by atoms with Crippen LogP contribution in [0.4, 0.5) is 0 Å². The van der Waals surface area contributed by atoms with Crippen LogP contribution in [-0.4, -0.2) is 31.7 Å². The molecule has 3 heterocycles. The average molecular weight is 407 g/mol. The van der Waals surface area contributed by atoms with Crippen molar-refractivity contribution in [1.29, 1.82) is 0 Å². The van der Waals surface area contributed by atoms with Crippen LogP contribution < -0.4 is 5.32 Å². The summed E-state index contributed by atoms with van der Waals surface area (Å²) in [6.07, 6.45) is 3.28. The van der Waals surface area contributed by atoms with Crippen molar-refractivity contribution in [3.63, 3.8) is 0 Å². The maximum atomic E-state index is 12.8. The first kappa shape index (κ1) is 19.3. The Kier molecular flexibility index (Phi) is 4.66. The average Bonchev–Trinajstić information content (AvgIpc) is 3.34. The van der Waals surface area contributed by atoms with Crippen molar-refractivity contribution in [1.82, 2.24) is 9.62 Å². The smallest absolute Gasteiger partial charge is 0.287 e. The number of hydrogen-bond donors (Lipinski definition) is 1. The van der Waals surface area contributed by atoms with Gasteiger partial charge in [0.15, 0.2) is 5.76 Å². The fourth-order valence-corrected chi connectivity index (χ4v) is 5.61. The van der Waals surface area contributed by atoms with Crippen LogP contribution in [0.5, 0.6) is 0 Å². The molecular formula is C20H26N2O5S. The standard InChI is InChI=1S/C20H26N2O5S/c1-13-10-14-15(11-20(2,3)12-17(14)26-13)21-19(23)16-6-7-18(27-16)28(24,25)22-8-4-5-9-22/h6-7,10,15H,4-5,8-9,11-12H2,1-3H3,(H,21,23)/t15-/m1/s1. The van der Waals surface area contributed by atoms with E-state index in [0.717, 1.165) is 42.8 Å². The molecular weight excluding hydrogens is 380 g/mol. The Morgan fingerprint density at radius 2 is 1.93 bits per heavy atom. The molecule has 152 valence electrons. The van der Waals surface area contributed by atoms with Crippen molar-refractivity contribution in [3.05, 3.63) is 41.0 Å². The second kappa shape index (κ2) is 6.77. The van der Waals surface area contributed by atoms with Crippen molar-refractivity contribution in [2.45, 2.75) is 57.6 Å². The van der Waals surface area contributed by atoms with Crippen LogP contribution in [0.1, 0.15) is 66.8 Å². The molecule has 0 bridgehead atoms. The number of nitrogens with one attached hydrogen (secondary N) is 1. The maximum Gasteiger partial charge on any atom is 0.287 e. The zero-order valence-corrected chi connectivity index (χ0v) is 17.3. The highest BCUT2D eigenvalue weighted by Crippen LogP contribution is 2.42. The lowest BCUT2D eigenvalue weighted by Gasteiger charge is -2.34. The highest BCUT2D eigenvalue weighted by atomic mass is 32.2. The molecule has 1 amide bonds. The number of carbonyl (C=O) groups excluding carboxylic acids is 1. The van der Waals surface area contributed by atoms with E-state index in [1.807, 2.05) is 13.0 Å². The highest BCUT2D eigenvalue weighted by molar-refractivity contribution is 7.89. The van der Waals surface area contributed by atoms with Gasteiger partial charge in [-0.2, -0.15) is 4.31 Å². The first-order valence-electron chi connectivity index (χ1n) is 9.66. The first-order valence-corrected chi connectivity index (χ1v) is 11.1. The summed E-state index contributed by atoms with van der Waals surface area (Å²) in [6, 6.07) is 4.54. The minimum atomic E-state index is -3.68. The summed E-state index contributed by atoms with van der Waals surface area (Å²) in [5, 5.41) is 2.82. The predicted molar refractivity (Wildman–Crippen MR) is 102 cm³/mol. The molecule has 2 aliphatic rings. The van der Waals surface area contributed by atoms with E-state index in [9.17, 15) is 13.2 Å². The highest BCUT2D eigenvalue weighted by Gasteiger charge is 2.36. The van der Waals surface area contributed by atoms with Gasteiger partial charge in [-0.3, -0.25) is 4.79 Å². The molecule has 8 heteroatoms. The monoisotopic (exact) mass is 406 g/mol. The number of furan rings is 2. The first-order chi connectivity index (χ1) is 13.2. The van der Waals surface area contributed by atoms with Gasteiger partial charge in [-0.25, -0.2) is 8.42 Å². The van der Waals surface area contributed by atoms with Crippen molar-refractivity contribution < 1.29 is 22.0 Å². The number of aryl methyl sites for hydroxylation is 1. The number of sulfonamides is 1. The molecule has 1 aliphatic carbocycles. The lowest BCUT2D eigenvalue weighted by molar-refractivity contribution is 0.0883. The quantitative estimate of drug-likeness (QED) is 0.840. The number of hydrogen-bond acceptors (Lipinski definition) is 5. The third-order valence-electron chi connectivity index (χ3n) is 5.51. The molecule has 0 spiro atoms. The minimum Gasteiger partial charge on any atom is -0.466 e. The third-order valence-corrected chi connectivity index (χ3v) is 7.28. The van der Waals surface area contributed by atoms with Gasteiger partial charge < -0.3 is 14.2 Å². The van der Waals surface area contributed by atoms with Gasteiger partial charge >= 0.3 is 0 Å².